The Morgan fingerprint density at radius 3 is 3.00 bits per heavy atom. The number of halogens is 1. The lowest BCUT2D eigenvalue weighted by Gasteiger charge is -2.54. The fraction of sp³-hybridized carbons (Fsp3) is 0.632. The molecular weight excluding hydrogens is 340 g/mol. The van der Waals surface area contributed by atoms with Crippen molar-refractivity contribution in [1.82, 2.24) is 4.90 Å². The van der Waals surface area contributed by atoms with Crippen molar-refractivity contribution in [2.45, 2.75) is 57.0 Å². The molecule has 3 heterocycles. The third kappa shape index (κ3) is 3.03. The molecule has 0 aromatic heterocycles. The van der Waals surface area contributed by atoms with E-state index in [0.29, 0.717) is 11.6 Å². The van der Waals surface area contributed by atoms with Gasteiger partial charge >= 0.3 is 0 Å². The maximum atomic E-state index is 11.5. The van der Waals surface area contributed by atoms with Crippen LogP contribution in [-0.2, 0) is 9.53 Å². The number of likely N-dealkylation sites (tertiary alicyclic amines) is 1. The van der Waals surface area contributed by atoms with Crippen LogP contribution in [0.15, 0.2) is 18.2 Å². The van der Waals surface area contributed by atoms with E-state index in [4.69, 9.17) is 26.8 Å². The highest BCUT2D eigenvalue weighted by Crippen LogP contribution is 2.52. The summed E-state index contributed by atoms with van der Waals surface area (Å²) in [5.74, 6) is 0.783. The molecule has 3 aliphatic heterocycles. The summed E-state index contributed by atoms with van der Waals surface area (Å²) in [6.45, 7) is 5.43. The van der Waals surface area contributed by atoms with E-state index in [1.54, 1.807) is 0 Å². The molecule has 1 aromatic carbocycles. The van der Waals surface area contributed by atoms with E-state index >= 15 is 0 Å². The number of carbonyl (C=O) groups excluding carboxylic acids is 1. The summed E-state index contributed by atoms with van der Waals surface area (Å²) in [4.78, 5) is 13.6. The first-order valence-corrected chi connectivity index (χ1v) is 9.39. The molecule has 1 aromatic rings. The third-order valence-electron chi connectivity index (χ3n) is 5.92. The van der Waals surface area contributed by atoms with Gasteiger partial charge in [-0.3, -0.25) is 9.69 Å². The van der Waals surface area contributed by atoms with Crippen LogP contribution in [-0.4, -0.2) is 41.6 Å². The van der Waals surface area contributed by atoms with Crippen molar-refractivity contribution in [3.8, 4) is 5.75 Å². The van der Waals surface area contributed by atoms with Gasteiger partial charge < -0.3 is 15.2 Å². The zero-order valence-corrected chi connectivity index (χ0v) is 15.5. The Labute approximate surface area is 153 Å². The molecule has 1 amide bonds. The van der Waals surface area contributed by atoms with E-state index in [1.807, 2.05) is 18.2 Å². The average Bonchev–Trinajstić information content (AvgIpc) is 2.54. The van der Waals surface area contributed by atoms with Gasteiger partial charge in [0.15, 0.2) is 0 Å². The van der Waals surface area contributed by atoms with Crippen LogP contribution in [0.5, 0.6) is 5.75 Å². The van der Waals surface area contributed by atoms with E-state index in [9.17, 15) is 4.79 Å². The van der Waals surface area contributed by atoms with Crippen molar-refractivity contribution in [2.75, 3.05) is 13.1 Å². The SMILES string of the molecule is CC1(C)Oc2ccc(Cl)cc2[C@H]2O[C@H]3CCCN(CC(N)=O)[C@H]3C[C@@H]21. The van der Waals surface area contributed by atoms with Gasteiger partial charge in [0.1, 0.15) is 11.4 Å². The van der Waals surface area contributed by atoms with Crippen LogP contribution >= 0.6 is 11.6 Å². The smallest absolute Gasteiger partial charge is 0.231 e. The quantitative estimate of drug-likeness (QED) is 0.876. The number of ether oxygens (including phenoxy) is 2. The molecule has 0 radical (unpaired) electrons. The van der Waals surface area contributed by atoms with Gasteiger partial charge in [-0.2, -0.15) is 0 Å². The maximum absolute atomic E-state index is 11.5. The minimum Gasteiger partial charge on any atom is -0.487 e. The van der Waals surface area contributed by atoms with Gasteiger partial charge in [0, 0.05) is 22.5 Å². The van der Waals surface area contributed by atoms with Gasteiger partial charge in [0.2, 0.25) is 5.91 Å². The second-order valence-corrected chi connectivity index (χ2v) is 8.41. The van der Waals surface area contributed by atoms with Crippen molar-refractivity contribution < 1.29 is 14.3 Å². The van der Waals surface area contributed by atoms with Gasteiger partial charge in [0.05, 0.1) is 18.8 Å². The monoisotopic (exact) mass is 364 g/mol. The van der Waals surface area contributed by atoms with Crippen LogP contribution in [0, 0.1) is 5.92 Å². The van der Waals surface area contributed by atoms with E-state index in [0.717, 1.165) is 37.1 Å². The van der Waals surface area contributed by atoms with Crippen molar-refractivity contribution in [3.05, 3.63) is 28.8 Å². The second kappa shape index (κ2) is 6.15. The molecule has 6 heteroatoms. The normalized spacial score (nSPS) is 33.6. The van der Waals surface area contributed by atoms with Crippen molar-refractivity contribution in [2.24, 2.45) is 11.7 Å². The van der Waals surface area contributed by atoms with Gasteiger partial charge in [-0.15, -0.1) is 0 Å². The van der Waals surface area contributed by atoms with Gasteiger partial charge in [-0.05, 0) is 57.9 Å². The number of nitrogens with two attached hydrogens (primary N) is 1. The molecule has 4 rings (SSSR count). The number of primary amides is 1. The lowest BCUT2D eigenvalue weighted by molar-refractivity contribution is -0.189. The Kier molecular flexibility index (Phi) is 4.21. The Bertz CT molecular complexity index is 693. The maximum Gasteiger partial charge on any atom is 0.231 e. The summed E-state index contributed by atoms with van der Waals surface area (Å²) in [6, 6.07) is 5.98. The number of nitrogens with zero attached hydrogens (tertiary/aromatic N) is 1. The summed E-state index contributed by atoms with van der Waals surface area (Å²) in [7, 11) is 0. The van der Waals surface area contributed by atoms with Crippen LogP contribution < -0.4 is 10.5 Å². The molecule has 3 aliphatic rings. The van der Waals surface area contributed by atoms with Crippen LogP contribution in [0.2, 0.25) is 5.02 Å². The molecule has 25 heavy (non-hydrogen) atoms. The van der Waals surface area contributed by atoms with Crippen molar-refractivity contribution in [1.29, 1.82) is 0 Å². The van der Waals surface area contributed by atoms with Gasteiger partial charge in [-0.1, -0.05) is 11.6 Å². The second-order valence-electron chi connectivity index (χ2n) is 7.97. The lowest BCUT2D eigenvalue weighted by atomic mass is 9.72. The van der Waals surface area contributed by atoms with E-state index in [1.165, 1.54) is 0 Å². The predicted octanol–water partition coefficient (Wildman–Crippen LogP) is 2.91. The molecule has 2 saturated heterocycles. The molecule has 2 N–H and O–H groups in total. The fourth-order valence-corrected chi connectivity index (χ4v) is 4.92. The summed E-state index contributed by atoms with van der Waals surface area (Å²) in [6.07, 6.45) is 3.07. The first-order valence-electron chi connectivity index (χ1n) is 9.01. The van der Waals surface area contributed by atoms with E-state index < -0.39 is 0 Å². The molecule has 0 spiro atoms. The molecule has 4 atom stereocenters. The Balaban J connectivity index is 1.67. The summed E-state index contributed by atoms with van der Waals surface area (Å²) in [5.41, 5.74) is 6.15. The van der Waals surface area contributed by atoms with Crippen molar-refractivity contribution >= 4 is 17.5 Å². The minimum absolute atomic E-state index is 0.0211. The Morgan fingerprint density at radius 1 is 1.44 bits per heavy atom. The summed E-state index contributed by atoms with van der Waals surface area (Å²) < 4.78 is 12.9. The van der Waals surface area contributed by atoms with Gasteiger partial charge in [0.25, 0.3) is 0 Å². The molecule has 2 fully saturated rings. The first-order chi connectivity index (χ1) is 11.8. The molecule has 0 aliphatic carbocycles. The van der Waals surface area contributed by atoms with Crippen molar-refractivity contribution in [3.63, 3.8) is 0 Å². The van der Waals surface area contributed by atoms with Gasteiger partial charge in [-0.25, -0.2) is 0 Å². The lowest BCUT2D eigenvalue weighted by Crippen LogP contribution is -2.59. The van der Waals surface area contributed by atoms with E-state index in [-0.39, 0.29) is 35.7 Å². The van der Waals surface area contributed by atoms with Crippen LogP contribution in [0.25, 0.3) is 0 Å². The minimum atomic E-state index is -0.341. The molecular formula is C19H25ClN2O3. The number of carbonyl (C=O) groups is 1. The average molecular weight is 365 g/mol. The molecule has 0 unspecified atom stereocenters. The number of amides is 1. The highest BCUT2D eigenvalue weighted by atomic mass is 35.5. The predicted molar refractivity (Wildman–Crippen MR) is 95.7 cm³/mol. The summed E-state index contributed by atoms with van der Waals surface area (Å²) in [5, 5.41) is 0.700. The molecule has 0 saturated carbocycles. The molecule has 136 valence electrons. The van der Waals surface area contributed by atoms with Crippen LogP contribution in [0.3, 0.4) is 0 Å². The van der Waals surface area contributed by atoms with Crippen LogP contribution in [0.4, 0.5) is 0 Å². The number of benzene rings is 1. The molecule has 0 bridgehead atoms. The van der Waals surface area contributed by atoms with E-state index in [2.05, 4.69) is 18.7 Å². The zero-order chi connectivity index (χ0) is 17.8. The Morgan fingerprint density at radius 2 is 2.24 bits per heavy atom. The number of hydrogen-bond donors (Lipinski definition) is 1. The highest BCUT2D eigenvalue weighted by molar-refractivity contribution is 6.30. The first kappa shape index (κ1) is 17.1. The third-order valence-corrected chi connectivity index (χ3v) is 6.15. The fourth-order valence-electron chi connectivity index (χ4n) is 4.74. The largest absolute Gasteiger partial charge is 0.487 e. The number of hydrogen-bond acceptors (Lipinski definition) is 4. The highest BCUT2D eigenvalue weighted by Gasteiger charge is 2.52. The molecule has 5 nitrogen and oxygen atoms in total. The summed E-state index contributed by atoms with van der Waals surface area (Å²) >= 11 is 6.23. The van der Waals surface area contributed by atoms with Crippen LogP contribution in [0.1, 0.15) is 44.8 Å². The standard InChI is InChI=1S/C19H25ClN2O3/c1-19(2)13-9-14-16(4-3-7-22(14)10-17(21)23)24-18(13)12-8-11(20)5-6-15(12)25-19/h5-6,8,13-14,16,18H,3-4,7,9-10H2,1-2H3,(H2,21,23)/t13-,14-,16-,18+/m0/s1. The topological polar surface area (TPSA) is 64.8 Å². The number of rotatable bonds is 2. The number of piperidine rings is 1. The number of fused-ring (bicyclic) bond motifs is 4. The zero-order valence-electron chi connectivity index (χ0n) is 14.7. The Hall–Kier alpha value is -1.30.